The fraction of sp³-hybridized carbons (Fsp3) is 0.0588. The highest BCUT2D eigenvalue weighted by molar-refractivity contribution is 8.27. The summed E-state index contributed by atoms with van der Waals surface area (Å²) in [7, 11) is 0. The molecule has 0 bridgehead atoms. The molecule has 0 aliphatic carbocycles. The molecule has 0 atom stereocenters. The average Bonchev–Trinajstić information content (AvgIpc) is 2.86. The molecule has 0 radical (unpaired) electrons. The van der Waals surface area contributed by atoms with Crippen molar-refractivity contribution in [3.05, 3.63) is 64.6 Å². The van der Waals surface area contributed by atoms with E-state index in [1.54, 1.807) is 12.1 Å². The number of hydrogen-bond donors (Lipinski definition) is 2. The van der Waals surface area contributed by atoms with Gasteiger partial charge in [0.15, 0.2) is 0 Å². The maximum atomic E-state index is 10.2. The zero-order chi connectivity index (χ0) is 16.2. The molecule has 6 heteroatoms. The van der Waals surface area contributed by atoms with Gasteiger partial charge in [-0.25, -0.2) is 0 Å². The predicted molar refractivity (Wildman–Crippen MR) is 103 cm³/mol. The molecule has 1 saturated heterocycles. The van der Waals surface area contributed by atoms with Crippen LogP contribution in [0.15, 0.2) is 53.4 Å². The fourth-order valence-electron chi connectivity index (χ4n) is 2.04. The SMILES string of the molecule is Oc1cc(OCc2ccccc2)ccc1C=C1SC(=S)NC1=S. The van der Waals surface area contributed by atoms with E-state index >= 15 is 0 Å². The summed E-state index contributed by atoms with van der Waals surface area (Å²) >= 11 is 11.6. The number of phenolic OH excluding ortho intramolecular Hbond substituents is 1. The van der Waals surface area contributed by atoms with Gasteiger partial charge in [0, 0.05) is 11.6 Å². The minimum absolute atomic E-state index is 0.143. The summed E-state index contributed by atoms with van der Waals surface area (Å²) in [6.45, 7) is 0.457. The van der Waals surface area contributed by atoms with E-state index in [1.807, 2.05) is 42.5 Å². The molecule has 3 nitrogen and oxygen atoms in total. The highest BCUT2D eigenvalue weighted by atomic mass is 32.2. The van der Waals surface area contributed by atoms with Crippen molar-refractivity contribution in [3.8, 4) is 11.5 Å². The molecule has 2 aromatic rings. The van der Waals surface area contributed by atoms with Gasteiger partial charge >= 0.3 is 0 Å². The number of thioether (sulfide) groups is 1. The van der Waals surface area contributed by atoms with E-state index in [1.165, 1.54) is 11.8 Å². The maximum absolute atomic E-state index is 10.2. The first-order valence-corrected chi connectivity index (χ1v) is 8.50. The molecule has 23 heavy (non-hydrogen) atoms. The van der Waals surface area contributed by atoms with Crippen LogP contribution in [0.25, 0.3) is 6.08 Å². The average molecular weight is 359 g/mol. The van der Waals surface area contributed by atoms with Crippen LogP contribution in [0.4, 0.5) is 0 Å². The Hall–Kier alpha value is -1.89. The summed E-state index contributed by atoms with van der Waals surface area (Å²) in [6, 6.07) is 15.1. The van der Waals surface area contributed by atoms with Crippen LogP contribution in [0, 0.1) is 0 Å². The molecule has 1 aliphatic heterocycles. The van der Waals surface area contributed by atoms with Crippen molar-refractivity contribution >= 4 is 51.6 Å². The third-order valence-electron chi connectivity index (χ3n) is 3.18. The van der Waals surface area contributed by atoms with Gasteiger partial charge in [0.1, 0.15) is 27.4 Å². The molecule has 2 aromatic carbocycles. The molecule has 3 rings (SSSR count). The summed E-state index contributed by atoms with van der Waals surface area (Å²) in [6.07, 6.45) is 1.82. The van der Waals surface area contributed by atoms with Gasteiger partial charge in [-0.2, -0.15) is 0 Å². The standard InChI is InChI=1S/C17H13NO2S3/c19-14-9-13(20-10-11-4-2-1-3-5-11)7-6-12(14)8-15-16(21)18-17(22)23-15/h1-9,19H,10H2,(H,18,21,22). The molecule has 1 heterocycles. The Balaban J connectivity index is 1.72. The van der Waals surface area contributed by atoms with Gasteiger partial charge in [-0.3, -0.25) is 0 Å². The number of phenols is 1. The summed E-state index contributed by atoms with van der Waals surface area (Å²) in [5.74, 6) is 0.757. The predicted octanol–water partition coefficient (Wildman–Crippen LogP) is 4.26. The molecular formula is C17H13NO2S3. The highest BCUT2D eigenvalue weighted by Crippen LogP contribution is 2.31. The van der Waals surface area contributed by atoms with Gasteiger partial charge in [-0.15, -0.1) is 0 Å². The number of benzene rings is 2. The van der Waals surface area contributed by atoms with Crippen LogP contribution < -0.4 is 10.1 Å². The lowest BCUT2D eigenvalue weighted by Crippen LogP contribution is -2.15. The minimum atomic E-state index is 0.143. The van der Waals surface area contributed by atoms with E-state index in [9.17, 15) is 5.11 Å². The summed E-state index contributed by atoms with van der Waals surface area (Å²) < 4.78 is 6.32. The molecule has 116 valence electrons. The molecule has 0 spiro atoms. The van der Waals surface area contributed by atoms with Crippen LogP contribution in [0.3, 0.4) is 0 Å². The largest absolute Gasteiger partial charge is 0.507 e. The van der Waals surface area contributed by atoms with Crippen molar-refractivity contribution in [1.82, 2.24) is 5.32 Å². The molecule has 0 amide bonds. The molecule has 0 saturated carbocycles. The van der Waals surface area contributed by atoms with E-state index in [2.05, 4.69) is 5.32 Å². The van der Waals surface area contributed by atoms with Crippen molar-refractivity contribution < 1.29 is 9.84 Å². The highest BCUT2D eigenvalue weighted by Gasteiger charge is 2.18. The van der Waals surface area contributed by atoms with Crippen molar-refractivity contribution in [2.24, 2.45) is 0 Å². The fourth-order valence-corrected chi connectivity index (χ4v) is 3.51. The Morgan fingerprint density at radius 3 is 2.57 bits per heavy atom. The number of aromatic hydroxyl groups is 1. The molecule has 1 fully saturated rings. The zero-order valence-corrected chi connectivity index (χ0v) is 14.4. The van der Waals surface area contributed by atoms with Crippen LogP contribution in [-0.2, 0) is 6.61 Å². The van der Waals surface area contributed by atoms with Crippen molar-refractivity contribution in [2.75, 3.05) is 0 Å². The second kappa shape index (κ2) is 7.12. The van der Waals surface area contributed by atoms with Crippen molar-refractivity contribution in [3.63, 3.8) is 0 Å². The molecular weight excluding hydrogens is 346 g/mol. The lowest BCUT2D eigenvalue weighted by atomic mass is 10.1. The van der Waals surface area contributed by atoms with Gasteiger partial charge < -0.3 is 15.2 Å². The van der Waals surface area contributed by atoms with Gasteiger partial charge in [-0.1, -0.05) is 66.5 Å². The normalized spacial score (nSPS) is 15.7. The third kappa shape index (κ3) is 4.10. The Kier molecular flexibility index (Phi) is 4.95. The lowest BCUT2D eigenvalue weighted by Gasteiger charge is -2.08. The van der Waals surface area contributed by atoms with Crippen LogP contribution in [-0.4, -0.2) is 14.4 Å². The van der Waals surface area contributed by atoms with E-state index in [-0.39, 0.29) is 5.75 Å². The van der Waals surface area contributed by atoms with E-state index in [4.69, 9.17) is 29.2 Å². The Labute approximate surface area is 149 Å². The third-order valence-corrected chi connectivity index (χ3v) is 4.81. The number of nitrogens with one attached hydrogen (secondary N) is 1. The number of rotatable bonds is 4. The number of hydrogen-bond acceptors (Lipinski definition) is 5. The molecule has 2 N–H and O–H groups in total. The molecule has 0 aromatic heterocycles. The van der Waals surface area contributed by atoms with Crippen LogP contribution in [0.1, 0.15) is 11.1 Å². The maximum Gasteiger partial charge on any atom is 0.143 e. The van der Waals surface area contributed by atoms with Crippen LogP contribution in [0.2, 0.25) is 0 Å². The summed E-state index contributed by atoms with van der Waals surface area (Å²) in [5.41, 5.74) is 1.75. The first-order chi connectivity index (χ1) is 11.1. The second-order valence-corrected chi connectivity index (χ2v) is 6.97. The lowest BCUT2D eigenvalue weighted by molar-refractivity contribution is 0.304. The van der Waals surface area contributed by atoms with Gasteiger partial charge in [0.2, 0.25) is 0 Å². The van der Waals surface area contributed by atoms with Crippen molar-refractivity contribution in [2.45, 2.75) is 6.61 Å². The minimum Gasteiger partial charge on any atom is -0.507 e. The Morgan fingerprint density at radius 1 is 1.13 bits per heavy atom. The zero-order valence-electron chi connectivity index (χ0n) is 12.0. The van der Waals surface area contributed by atoms with E-state index in [0.717, 1.165) is 10.5 Å². The Morgan fingerprint density at radius 2 is 1.91 bits per heavy atom. The van der Waals surface area contributed by atoms with Crippen LogP contribution in [0.5, 0.6) is 11.5 Å². The van der Waals surface area contributed by atoms with Crippen LogP contribution >= 0.6 is 36.2 Å². The number of ether oxygens (including phenoxy) is 1. The first-order valence-electron chi connectivity index (χ1n) is 6.86. The topological polar surface area (TPSA) is 41.5 Å². The molecule has 1 aliphatic rings. The van der Waals surface area contributed by atoms with Gasteiger partial charge in [0.25, 0.3) is 0 Å². The Bertz CT molecular complexity index is 788. The van der Waals surface area contributed by atoms with Gasteiger partial charge in [-0.05, 0) is 23.8 Å². The summed E-state index contributed by atoms with van der Waals surface area (Å²) in [4.78, 5) is 1.42. The van der Waals surface area contributed by atoms with Crippen molar-refractivity contribution in [1.29, 1.82) is 0 Å². The monoisotopic (exact) mass is 359 g/mol. The van der Waals surface area contributed by atoms with E-state index < -0.39 is 0 Å². The van der Waals surface area contributed by atoms with Gasteiger partial charge in [0.05, 0.1) is 4.91 Å². The number of thiocarbonyl (C=S) groups is 2. The molecule has 0 unspecified atom stereocenters. The quantitative estimate of drug-likeness (QED) is 0.628. The smallest absolute Gasteiger partial charge is 0.143 e. The first kappa shape index (κ1) is 16.0. The van der Waals surface area contributed by atoms with E-state index in [0.29, 0.717) is 27.2 Å². The second-order valence-electron chi connectivity index (χ2n) is 4.85. The summed E-state index contributed by atoms with van der Waals surface area (Å²) in [5, 5.41) is 13.1.